The molecule has 2 atom stereocenters. The van der Waals surface area contributed by atoms with Crippen LogP contribution in [0, 0.1) is 0 Å². The standard InChI is InChI=1S/C34H44N4O6/c1-33(2,3)43-31(41)37-21-7-9-27(37)29(39)35-25-17-13-23(14-18-25)11-12-24-15-19-26(20-16-24)36-30(40)28-10-8-22-38(28)32(42)44-34(4,5)6/h11-20,27-28H,7-10,21-22H2,1-6H3,(H,35,39)(H,36,40)/b12-11+/t27-,28+. The number of anilines is 2. The first-order chi connectivity index (χ1) is 20.7. The molecule has 236 valence electrons. The summed E-state index contributed by atoms with van der Waals surface area (Å²) in [6.07, 6.45) is 5.67. The van der Waals surface area contributed by atoms with E-state index in [1.165, 1.54) is 9.80 Å². The lowest BCUT2D eigenvalue weighted by atomic mass is 10.1. The number of carbonyl (C=O) groups is 4. The van der Waals surface area contributed by atoms with E-state index in [4.69, 9.17) is 9.47 Å². The maximum Gasteiger partial charge on any atom is 0.410 e. The van der Waals surface area contributed by atoms with Gasteiger partial charge in [0.25, 0.3) is 0 Å². The summed E-state index contributed by atoms with van der Waals surface area (Å²) in [7, 11) is 0. The van der Waals surface area contributed by atoms with E-state index in [9.17, 15) is 19.2 Å². The third kappa shape index (κ3) is 9.08. The molecule has 2 aliphatic heterocycles. The first-order valence-corrected chi connectivity index (χ1v) is 15.2. The molecular formula is C34H44N4O6. The first-order valence-electron chi connectivity index (χ1n) is 15.2. The van der Waals surface area contributed by atoms with E-state index in [2.05, 4.69) is 10.6 Å². The van der Waals surface area contributed by atoms with Crippen molar-refractivity contribution in [2.75, 3.05) is 23.7 Å². The van der Waals surface area contributed by atoms with E-state index in [1.54, 1.807) is 0 Å². The van der Waals surface area contributed by atoms with Gasteiger partial charge in [0, 0.05) is 24.5 Å². The number of nitrogens with zero attached hydrogens (tertiary/aromatic N) is 2. The second kappa shape index (κ2) is 13.5. The van der Waals surface area contributed by atoms with Crippen LogP contribution < -0.4 is 10.6 Å². The minimum absolute atomic E-state index is 0.227. The van der Waals surface area contributed by atoms with Crippen molar-refractivity contribution in [1.29, 1.82) is 0 Å². The van der Waals surface area contributed by atoms with Gasteiger partial charge in [-0.25, -0.2) is 9.59 Å². The average molecular weight is 605 g/mol. The van der Waals surface area contributed by atoms with Gasteiger partial charge in [-0.15, -0.1) is 0 Å². The van der Waals surface area contributed by atoms with Crippen LogP contribution in [-0.4, -0.2) is 70.2 Å². The molecule has 10 heteroatoms. The lowest BCUT2D eigenvalue weighted by Gasteiger charge is -2.28. The largest absolute Gasteiger partial charge is 0.444 e. The molecule has 10 nitrogen and oxygen atoms in total. The van der Waals surface area contributed by atoms with Gasteiger partial charge in [0.05, 0.1) is 0 Å². The molecule has 2 saturated heterocycles. The second-order valence-corrected chi connectivity index (χ2v) is 13.2. The summed E-state index contributed by atoms with van der Waals surface area (Å²) in [5.41, 5.74) is 1.95. The van der Waals surface area contributed by atoms with Crippen LogP contribution >= 0.6 is 0 Å². The predicted octanol–water partition coefficient (Wildman–Crippen LogP) is 6.53. The fourth-order valence-electron chi connectivity index (χ4n) is 5.16. The molecule has 2 aromatic carbocycles. The lowest BCUT2D eigenvalue weighted by molar-refractivity contribution is -0.121. The Labute approximate surface area is 259 Å². The van der Waals surface area contributed by atoms with E-state index in [0.29, 0.717) is 37.3 Å². The van der Waals surface area contributed by atoms with Crippen molar-refractivity contribution >= 4 is 47.5 Å². The number of carbonyl (C=O) groups excluding carboxylic acids is 4. The Bertz CT molecular complexity index is 1270. The number of hydrogen-bond acceptors (Lipinski definition) is 6. The highest BCUT2D eigenvalue weighted by atomic mass is 16.6. The van der Waals surface area contributed by atoms with Gasteiger partial charge in [0.15, 0.2) is 0 Å². The molecule has 0 aliphatic carbocycles. The summed E-state index contributed by atoms with van der Waals surface area (Å²) < 4.78 is 10.9. The van der Waals surface area contributed by atoms with Gasteiger partial charge in [-0.3, -0.25) is 19.4 Å². The molecule has 2 heterocycles. The van der Waals surface area contributed by atoms with Crippen LogP contribution in [0.1, 0.15) is 78.4 Å². The van der Waals surface area contributed by atoms with Crippen LogP contribution in [0.3, 0.4) is 0 Å². The van der Waals surface area contributed by atoms with Gasteiger partial charge >= 0.3 is 12.2 Å². The smallest absolute Gasteiger partial charge is 0.410 e. The first kappa shape index (κ1) is 32.6. The Kier molecular flexibility index (Phi) is 10.0. The highest BCUT2D eigenvalue weighted by molar-refractivity contribution is 5.97. The highest BCUT2D eigenvalue weighted by Crippen LogP contribution is 2.24. The van der Waals surface area contributed by atoms with Gasteiger partial charge in [-0.1, -0.05) is 36.4 Å². The molecule has 2 aromatic rings. The van der Waals surface area contributed by atoms with Crippen molar-refractivity contribution in [2.24, 2.45) is 0 Å². The minimum atomic E-state index is -0.621. The van der Waals surface area contributed by atoms with Crippen molar-refractivity contribution in [3.8, 4) is 0 Å². The Balaban J connectivity index is 1.29. The predicted molar refractivity (Wildman–Crippen MR) is 171 cm³/mol. The number of likely N-dealkylation sites (tertiary alicyclic amines) is 2. The van der Waals surface area contributed by atoms with Gasteiger partial charge in [-0.2, -0.15) is 0 Å². The quantitative estimate of drug-likeness (QED) is 0.362. The molecule has 2 fully saturated rings. The van der Waals surface area contributed by atoms with Gasteiger partial charge < -0.3 is 20.1 Å². The summed E-state index contributed by atoms with van der Waals surface area (Å²) in [6.45, 7) is 11.8. The van der Waals surface area contributed by atoms with Crippen LogP contribution in [0.2, 0.25) is 0 Å². The zero-order valence-corrected chi connectivity index (χ0v) is 26.5. The summed E-state index contributed by atoms with van der Waals surface area (Å²) in [5.74, 6) is -0.455. The number of hydrogen-bond donors (Lipinski definition) is 2. The van der Waals surface area contributed by atoms with Crippen molar-refractivity contribution in [3.63, 3.8) is 0 Å². The van der Waals surface area contributed by atoms with E-state index in [0.717, 1.165) is 24.0 Å². The van der Waals surface area contributed by atoms with Crippen molar-refractivity contribution < 1.29 is 28.7 Å². The van der Waals surface area contributed by atoms with E-state index >= 15 is 0 Å². The van der Waals surface area contributed by atoms with Crippen LogP contribution in [0.15, 0.2) is 48.5 Å². The number of ether oxygens (including phenoxy) is 2. The molecule has 4 rings (SSSR count). The zero-order chi connectivity index (χ0) is 32.1. The van der Waals surface area contributed by atoms with Gasteiger partial charge in [0.1, 0.15) is 23.3 Å². The van der Waals surface area contributed by atoms with Crippen LogP contribution in [0.25, 0.3) is 12.2 Å². The molecule has 2 aliphatic rings. The zero-order valence-electron chi connectivity index (χ0n) is 26.5. The monoisotopic (exact) mass is 604 g/mol. The van der Waals surface area contributed by atoms with Gasteiger partial charge in [-0.05, 0) is 103 Å². The lowest BCUT2D eigenvalue weighted by Crippen LogP contribution is -2.45. The Morgan fingerprint density at radius 2 is 0.977 bits per heavy atom. The summed E-state index contributed by atoms with van der Waals surface area (Å²) in [6, 6.07) is 13.8. The van der Waals surface area contributed by atoms with E-state index in [1.807, 2.05) is 102 Å². The number of amides is 4. The number of benzene rings is 2. The van der Waals surface area contributed by atoms with E-state index < -0.39 is 35.5 Å². The minimum Gasteiger partial charge on any atom is -0.444 e. The fraction of sp³-hybridized carbons (Fsp3) is 0.471. The van der Waals surface area contributed by atoms with Crippen LogP contribution in [0.5, 0.6) is 0 Å². The molecule has 0 saturated carbocycles. The normalized spacial score (nSPS) is 18.8. The maximum atomic E-state index is 12.9. The van der Waals surface area contributed by atoms with E-state index in [-0.39, 0.29) is 11.8 Å². The molecule has 44 heavy (non-hydrogen) atoms. The molecule has 0 spiro atoms. The van der Waals surface area contributed by atoms with Crippen molar-refractivity contribution in [2.45, 2.75) is 90.5 Å². The topological polar surface area (TPSA) is 117 Å². The maximum absolute atomic E-state index is 12.9. The summed E-state index contributed by atoms with van der Waals surface area (Å²) in [5, 5.41) is 5.83. The molecule has 0 unspecified atom stereocenters. The Morgan fingerprint density at radius 3 is 1.30 bits per heavy atom. The SMILES string of the molecule is CC(C)(C)OC(=O)N1CCC[C@@H]1C(=O)Nc1ccc(/C=C/c2ccc(NC(=O)[C@@H]3CCCN3C(=O)OC(C)(C)C)cc2)cc1. The Morgan fingerprint density at radius 1 is 0.636 bits per heavy atom. The molecule has 0 aromatic heterocycles. The number of nitrogens with one attached hydrogen (secondary N) is 2. The summed E-state index contributed by atoms with van der Waals surface area (Å²) in [4.78, 5) is 53.9. The fourth-order valence-corrected chi connectivity index (χ4v) is 5.16. The van der Waals surface area contributed by atoms with Gasteiger partial charge in [0.2, 0.25) is 11.8 Å². The third-order valence-corrected chi connectivity index (χ3v) is 7.19. The highest BCUT2D eigenvalue weighted by Gasteiger charge is 2.37. The molecule has 0 bridgehead atoms. The summed E-state index contributed by atoms with van der Waals surface area (Å²) >= 11 is 0. The third-order valence-electron chi connectivity index (χ3n) is 7.19. The van der Waals surface area contributed by atoms with Crippen molar-refractivity contribution in [3.05, 3.63) is 59.7 Å². The molecular weight excluding hydrogens is 560 g/mol. The van der Waals surface area contributed by atoms with Crippen molar-refractivity contribution in [1.82, 2.24) is 9.80 Å². The number of rotatable bonds is 6. The molecule has 4 amide bonds. The second-order valence-electron chi connectivity index (χ2n) is 13.2. The average Bonchev–Trinajstić information content (AvgIpc) is 3.62. The Hall–Kier alpha value is -4.34. The van der Waals surface area contributed by atoms with Crippen LogP contribution in [-0.2, 0) is 19.1 Å². The molecule has 2 N–H and O–H groups in total. The molecule has 0 radical (unpaired) electrons. The van der Waals surface area contributed by atoms with Crippen LogP contribution in [0.4, 0.5) is 21.0 Å².